The minimum atomic E-state index is -2.97. The highest BCUT2D eigenvalue weighted by Crippen LogP contribution is 2.33. The van der Waals surface area contributed by atoms with Crippen LogP contribution in [0.4, 0.5) is 4.39 Å². The standard InChI is InChI=1S/C24H22FNO4S2/c25-18-7-11-20(12-8-18)30-19-9-5-17(6-10-19)15-26-24(27)22-3-1-2-4-23(22)31-21-13-14-32(28,29)16-21/h1-12,21H,13-16H2,(H,26,27)/t21-/m1/s1. The summed E-state index contributed by atoms with van der Waals surface area (Å²) in [6.07, 6.45) is 0.606. The second-order valence-corrected chi connectivity index (χ2v) is 11.1. The highest BCUT2D eigenvalue weighted by Gasteiger charge is 2.29. The van der Waals surface area contributed by atoms with Crippen LogP contribution in [-0.4, -0.2) is 31.1 Å². The highest BCUT2D eigenvalue weighted by molar-refractivity contribution is 8.02. The molecule has 3 aromatic carbocycles. The number of carbonyl (C=O) groups is 1. The van der Waals surface area contributed by atoms with E-state index in [9.17, 15) is 17.6 Å². The van der Waals surface area contributed by atoms with Crippen LogP contribution in [-0.2, 0) is 16.4 Å². The lowest BCUT2D eigenvalue weighted by Crippen LogP contribution is -2.23. The Balaban J connectivity index is 1.35. The van der Waals surface area contributed by atoms with Gasteiger partial charge in [-0.1, -0.05) is 24.3 Å². The molecule has 1 aliphatic rings. The maximum absolute atomic E-state index is 13.0. The van der Waals surface area contributed by atoms with Crippen molar-refractivity contribution in [3.05, 3.63) is 89.7 Å². The molecule has 0 spiro atoms. The second-order valence-electron chi connectivity index (χ2n) is 7.52. The molecular weight excluding hydrogens is 449 g/mol. The van der Waals surface area contributed by atoms with Crippen LogP contribution in [0.1, 0.15) is 22.3 Å². The monoisotopic (exact) mass is 471 g/mol. The third kappa shape index (κ3) is 5.89. The summed E-state index contributed by atoms with van der Waals surface area (Å²) in [7, 11) is -2.97. The minimum absolute atomic E-state index is 0.0254. The van der Waals surface area contributed by atoms with Gasteiger partial charge in [-0.15, -0.1) is 11.8 Å². The summed E-state index contributed by atoms with van der Waals surface area (Å²) in [5.74, 6) is 0.980. The zero-order valence-electron chi connectivity index (χ0n) is 17.2. The maximum atomic E-state index is 13.0. The van der Waals surface area contributed by atoms with Crippen molar-refractivity contribution in [1.82, 2.24) is 5.32 Å². The van der Waals surface area contributed by atoms with E-state index in [0.717, 1.165) is 10.5 Å². The Bertz CT molecular complexity index is 1200. The molecule has 4 rings (SSSR count). The Kier molecular flexibility index (Phi) is 6.81. The quantitative estimate of drug-likeness (QED) is 0.535. The Labute approximate surface area is 190 Å². The second kappa shape index (κ2) is 9.75. The lowest BCUT2D eigenvalue weighted by molar-refractivity contribution is 0.0948. The molecule has 0 aliphatic carbocycles. The van der Waals surface area contributed by atoms with Gasteiger partial charge < -0.3 is 10.1 Å². The number of hydrogen-bond acceptors (Lipinski definition) is 5. The number of carbonyl (C=O) groups excluding carboxylic acids is 1. The summed E-state index contributed by atoms with van der Waals surface area (Å²) in [6.45, 7) is 0.340. The number of amides is 1. The van der Waals surface area contributed by atoms with Crippen molar-refractivity contribution in [3.8, 4) is 11.5 Å². The molecule has 3 aromatic rings. The number of rotatable bonds is 7. The predicted molar refractivity (Wildman–Crippen MR) is 123 cm³/mol. The third-order valence-electron chi connectivity index (χ3n) is 5.04. The molecule has 1 heterocycles. The smallest absolute Gasteiger partial charge is 0.252 e. The largest absolute Gasteiger partial charge is 0.457 e. The summed E-state index contributed by atoms with van der Waals surface area (Å²) in [5.41, 5.74) is 1.44. The summed E-state index contributed by atoms with van der Waals surface area (Å²) in [4.78, 5) is 13.6. The van der Waals surface area contributed by atoms with Gasteiger partial charge in [0.05, 0.1) is 17.1 Å². The summed E-state index contributed by atoms with van der Waals surface area (Å²) < 4.78 is 42.1. The molecule has 1 saturated heterocycles. The molecule has 8 heteroatoms. The molecule has 1 N–H and O–H groups in total. The first-order chi connectivity index (χ1) is 15.4. The van der Waals surface area contributed by atoms with Crippen LogP contribution in [0.15, 0.2) is 77.7 Å². The van der Waals surface area contributed by atoms with Crippen molar-refractivity contribution in [2.24, 2.45) is 0 Å². The van der Waals surface area contributed by atoms with Gasteiger partial charge in [0.15, 0.2) is 9.84 Å². The van der Waals surface area contributed by atoms with Crippen molar-refractivity contribution >= 4 is 27.5 Å². The average molecular weight is 472 g/mol. The molecule has 1 aliphatic heterocycles. The fraction of sp³-hybridized carbons (Fsp3) is 0.208. The first-order valence-corrected chi connectivity index (χ1v) is 12.8. The normalized spacial score (nSPS) is 17.1. The van der Waals surface area contributed by atoms with Crippen LogP contribution in [0.2, 0.25) is 0 Å². The van der Waals surface area contributed by atoms with Crippen molar-refractivity contribution < 1.29 is 22.3 Å². The SMILES string of the molecule is O=C(NCc1ccc(Oc2ccc(F)cc2)cc1)c1ccccc1S[C@@H]1CCS(=O)(=O)C1. The first-order valence-electron chi connectivity index (χ1n) is 10.1. The van der Waals surface area contributed by atoms with E-state index in [1.807, 2.05) is 24.3 Å². The van der Waals surface area contributed by atoms with Crippen LogP contribution < -0.4 is 10.1 Å². The first kappa shape index (κ1) is 22.4. The fourth-order valence-electron chi connectivity index (χ4n) is 3.38. The van der Waals surface area contributed by atoms with Gasteiger partial charge in [0.2, 0.25) is 0 Å². The molecule has 5 nitrogen and oxygen atoms in total. The number of sulfone groups is 1. The van der Waals surface area contributed by atoms with E-state index in [-0.39, 0.29) is 28.5 Å². The van der Waals surface area contributed by atoms with E-state index in [0.29, 0.717) is 30.0 Å². The van der Waals surface area contributed by atoms with E-state index in [1.165, 1.54) is 23.9 Å². The van der Waals surface area contributed by atoms with E-state index >= 15 is 0 Å². The van der Waals surface area contributed by atoms with Crippen LogP contribution in [0.3, 0.4) is 0 Å². The lowest BCUT2D eigenvalue weighted by Gasteiger charge is -2.13. The van der Waals surface area contributed by atoms with Crippen molar-refractivity contribution in [1.29, 1.82) is 0 Å². The summed E-state index contributed by atoms with van der Waals surface area (Å²) in [6, 6.07) is 20.3. The molecule has 0 saturated carbocycles. The lowest BCUT2D eigenvalue weighted by atomic mass is 10.2. The number of ether oxygens (including phenoxy) is 1. The number of benzene rings is 3. The Morgan fingerprint density at radius 2 is 1.66 bits per heavy atom. The van der Waals surface area contributed by atoms with Crippen molar-refractivity contribution in [3.63, 3.8) is 0 Å². The predicted octanol–water partition coefficient (Wildman–Crippen LogP) is 4.83. The molecule has 0 aromatic heterocycles. The van der Waals surface area contributed by atoms with E-state index in [1.54, 1.807) is 36.4 Å². The number of nitrogens with one attached hydrogen (secondary N) is 1. The van der Waals surface area contributed by atoms with Gasteiger partial charge in [-0.3, -0.25) is 4.79 Å². The molecule has 166 valence electrons. The van der Waals surface area contributed by atoms with Crippen LogP contribution in [0.5, 0.6) is 11.5 Å². The maximum Gasteiger partial charge on any atom is 0.252 e. The molecule has 1 atom stereocenters. The Morgan fingerprint density at radius 1 is 1.00 bits per heavy atom. The Morgan fingerprint density at radius 3 is 2.31 bits per heavy atom. The van der Waals surface area contributed by atoms with Gasteiger partial charge in [0, 0.05) is 16.7 Å². The number of hydrogen-bond donors (Lipinski definition) is 1. The van der Waals surface area contributed by atoms with Gasteiger partial charge in [0.25, 0.3) is 5.91 Å². The van der Waals surface area contributed by atoms with E-state index in [2.05, 4.69) is 5.32 Å². The molecule has 0 radical (unpaired) electrons. The Hall–Kier alpha value is -2.84. The molecule has 0 unspecified atom stereocenters. The van der Waals surface area contributed by atoms with E-state index < -0.39 is 9.84 Å². The van der Waals surface area contributed by atoms with Gasteiger partial charge in [-0.05, 0) is 60.5 Å². The zero-order valence-corrected chi connectivity index (χ0v) is 18.8. The number of halogens is 1. The topological polar surface area (TPSA) is 72.5 Å². The zero-order chi connectivity index (χ0) is 22.6. The molecule has 0 bridgehead atoms. The van der Waals surface area contributed by atoms with E-state index in [4.69, 9.17) is 4.74 Å². The van der Waals surface area contributed by atoms with Gasteiger partial charge in [0.1, 0.15) is 17.3 Å². The van der Waals surface area contributed by atoms with Crippen molar-refractivity contribution in [2.45, 2.75) is 23.1 Å². The summed E-state index contributed by atoms with van der Waals surface area (Å²) in [5, 5.41) is 2.89. The molecule has 1 amide bonds. The highest BCUT2D eigenvalue weighted by atomic mass is 32.2. The van der Waals surface area contributed by atoms with Crippen LogP contribution in [0, 0.1) is 5.82 Å². The van der Waals surface area contributed by atoms with Gasteiger partial charge in [-0.2, -0.15) is 0 Å². The fourth-order valence-corrected chi connectivity index (χ4v) is 7.01. The average Bonchev–Trinajstić information content (AvgIpc) is 3.13. The minimum Gasteiger partial charge on any atom is -0.457 e. The van der Waals surface area contributed by atoms with Crippen molar-refractivity contribution in [2.75, 3.05) is 11.5 Å². The van der Waals surface area contributed by atoms with Crippen LogP contribution >= 0.6 is 11.8 Å². The number of thioether (sulfide) groups is 1. The molecule has 32 heavy (non-hydrogen) atoms. The third-order valence-corrected chi connectivity index (χ3v) is 8.37. The summed E-state index contributed by atoms with van der Waals surface area (Å²) >= 11 is 1.45. The van der Waals surface area contributed by atoms with Gasteiger partial charge in [-0.25, -0.2) is 12.8 Å². The van der Waals surface area contributed by atoms with Crippen LogP contribution in [0.25, 0.3) is 0 Å². The molecule has 1 fully saturated rings. The van der Waals surface area contributed by atoms with Gasteiger partial charge >= 0.3 is 0 Å². The molecular formula is C24H22FNO4S2.